The van der Waals surface area contributed by atoms with Crippen molar-refractivity contribution >= 4 is 11.8 Å². The van der Waals surface area contributed by atoms with Gasteiger partial charge in [-0.15, -0.1) is 0 Å². The van der Waals surface area contributed by atoms with Crippen molar-refractivity contribution in [3.05, 3.63) is 24.0 Å². The molecule has 2 unspecified atom stereocenters. The van der Waals surface area contributed by atoms with Crippen LogP contribution in [0.1, 0.15) is 59.8 Å². The van der Waals surface area contributed by atoms with Gasteiger partial charge in [0.15, 0.2) is 0 Å². The highest BCUT2D eigenvalue weighted by Gasteiger charge is 2.61. The lowest BCUT2D eigenvalue weighted by molar-refractivity contribution is -0.134. The molecule has 0 aromatic carbocycles. The number of ether oxygens (including phenoxy) is 1. The Morgan fingerprint density at radius 2 is 1.83 bits per heavy atom. The fourth-order valence-electron chi connectivity index (χ4n) is 7.19. The average Bonchev–Trinajstić information content (AvgIpc) is 2.53. The standard InChI is InChI=1S/C22H34OS/c1-20(2)10-6-11-22(4)18(20)9-12-21(3)16-8-7-15(23-5)13-17(16)24-14-19(21)22/h7-8,13,16-19H,6,9-12,14H2,1-5H3/t16?,17?,18-,19-,21-,22-/m0/s1. The van der Waals surface area contributed by atoms with Gasteiger partial charge in [0.2, 0.25) is 0 Å². The van der Waals surface area contributed by atoms with Crippen LogP contribution in [0.5, 0.6) is 0 Å². The van der Waals surface area contributed by atoms with Gasteiger partial charge in [0, 0.05) is 5.25 Å². The van der Waals surface area contributed by atoms with Crippen molar-refractivity contribution in [3.8, 4) is 0 Å². The Bertz CT molecular complexity index is 577. The summed E-state index contributed by atoms with van der Waals surface area (Å²) < 4.78 is 5.50. The zero-order valence-corrected chi connectivity index (χ0v) is 16.9. The molecule has 2 saturated carbocycles. The smallest absolute Gasteiger partial charge is 0.115 e. The molecule has 134 valence electrons. The van der Waals surface area contributed by atoms with Crippen LogP contribution in [0, 0.1) is 34.0 Å². The molecule has 24 heavy (non-hydrogen) atoms. The van der Waals surface area contributed by atoms with Crippen LogP contribution >= 0.6 is 11.8 Å². The predicted octanol–water partition coefficient (Wildman–Crippen LogP) is 6.07. The van der Waals surface area contributed by atoms with E-state index in [0.29, 0.717) is 27.4 Å². The summed E-state index contributed by atoms with van der Waals surface area (Å²) in [6, 6.07) is 0. The Morgan fingerprint density at radius 3 is 2.58 bits per heavy atom. The van der Waals surface area contributed by atoms with Gasteiger partial charge < -0.3 is 4.74 Å². The number of allylic oxidation sites excluding steroid dienone is 2. The molecule has 0 aromatic heterocycles. The number of methoxy groups -OCH3 is 1. The van der Waals surface area contributed by atoms with Gasteiger partial charge in [0.05, 0.1) is 7.11 Å². The second-order valence-electron chi connectivity index (χ2n) is 9.95. The second-order valence-corrected chi connectivity index (χ2v) is 11.2. The van der Waals surface area contributed by atoms with Crippen LogP contribution in [0.4, 0.5) is 0 Å². The molecule has 1 saturated heterocycles. The maximum Gasteiger partial charge on any atom is 0.115 e. The molecule has 3 fully saturated rings. The lowest BCUT2D eigenvalue weighted by Gasteiger charge is -2.66. The first-order valence-corrected chi connectivity index (χ1v) is 10.9. The first-order valence-electron chi connectivity index (χ1n) is 9.87. The van der Waals surface area contributed by atoms with Gasteiger partial charge in [0.25, 0.3) is 0 Å². The maximum atomic E-state index is 5.50. The van der Waals surface area contributed by atoms with E-state index < -0.39 is 0 Å². The number of hydrogen-bond donors (Lipinski definition) is 0. The van der Waals surface area contributed by atoms with Gasteiger partial charge >= 0.3 is 0 Å². The molecule has 0 N–H and O–H groups in total. The third-order valence-corrected chi connectivity index (χ3v) is 9.78. The van der Waals surface area contributed by atoms with Gasteiger partial charge in [-0.25, -0.2) is 0 Å². The van der Waals surface area contributed by atoms with E-state index in [9.17, 15) is 0 Å². The maximum absolute atomic E-state index is 5.50. The third-order valence-electron chi connectivity index (χ3n) is 8.44. The summed E-state index contributed by atoms with van der Waals surface area (Å²) in [6.45, 7) is 10.4. The molecule has 1 heterocycles. The molecule has 0 spiro atoms. The van der Waals surface area contributed by atoms with E-state index in [1.165, 1.54) is 37.9 Å². The molecule has 4 aliphatic rings. The lowest BCUT2D eigenvalue weighted by Crippen LogP contribution is -2.60. The minimum atomic E-state index is 0.459. The Hall–Kier alpha value is -0.370. The van der Waals surface area contributed by atoms with Crippen molar-refractivity contribution in [2.45, 2.75) is 65.0 Å². The van der Waals surface area contributed by atoms with Gasteiger partial charge in [-0.1, -0.05) is 40.2 Å². The fourth-order valence-corrected chi connectivity index (χ4v) is 9.20. The molecule has 1 aliphatic heterocycles. The van der Waals surface area contributed by atoms with Crippen molar-refractivity contribution in [1.29, 1.82) is 0 Å². The first-order chi connectivity index (χ1) is 11.3. The van der Waals surface area contributed by atoms with Gasteiger partial charge in [-0.05, 0) is 77.6 Å². The largest absolute Gasteiger partial charge is 0.497 e. The van der Waals surface area contributed by atoms with E-state index in [2.05, 4.69) is 57.7 Å². The Morgan fingerprint density at radius 1 is 1.04 bits per heavy atom. The van der Waals surface area contributed by atoms with E-state index >= 15 is 0 Å². The molecular formula is C22H34OS. The summed E-state index contributed by atoms with van der Waals surface area (Å²) in [6.07, 6.45) is 14.2. The molecule has 0 amide bonds. The van der Waals surface area contributed by atoms with E-state index in [1.807, 2.05) is 0 Å². The van der Waals surface area contributed by atoms with Gasteiger partial charge in [0.1, 0.15) is 5.76 Å². The normalized spacial score (nSPS) is 49.5. The van der Waals surface area contributed by atoms with E-state index in [0.717, 1.165) is 17.6 Å². The van der Waals surface area contributed by atoms with Crippen LogP contribution < -0.4 is 0 Å². The molecule has 6 atom stereocenters. The van der Waals surface area contributed by atoms with Crippen molar-refractivity contribution in [1.82, 2.24) is 0 Å². The third kappa shape index (κ3) is 2.27. The molecule has 2 heteroatoms. The van der Waals surface area contributed by atoms with E-state index in [-0.39, 0.29) is 0 Å². The Kier molecular flexibility index (Phi) is 3.95. The highest BCUT2D eigenvalue weighted by molar-refractivity contribution is 8.00. The van der Waals surface area contributed by atoms with Gasteiger partial charge in [-0.2, -0.15) is 11.8 Å². The summed E-state index contributed by atoms with van der Waals surface area (Å²) in [5, 5.41) is 0.614. The van der Waals surface area contributed by atoms with Crippen LogP contribution in [-0.4, -0.2) is 18.1 Å². The van der Waals surface area contributed by atoms with Crippen molar-refractivity contribution in [3.63, 3.8) is 0 Å². The molecule has 0 radical (unpaired) electrons. The SMILES string of the molecule is COC1=CC2SC[C@@H]3[C@@]4(C)CCCC(C)(C)[C@@H]4CC[C@@]3(C)C2C=C1. The van der Waals surface area contributed by atoms with Crippen molar-refractivity contribution < 1.29 is 4.74 Å². The summed E-state index contributed by atoms with van der Waals surface area (Å²) >= 11 is 2.20. The van der Waals surface area contributed by atoms with E-state index in [1.54, 1.807) is 7.11 Å². The van der Waals surface area contributed by atoms with Crippen LogP contribution in [0.15, 0.2) is 24.0 Å². The molecule has 4 rings (SSSR count). The average molecular weight is 347 g/mol. The molecule has 0 bridgehead atoms. The topological polar surface area (TPSA) is 9.23 Å². The van der Waals surface area contributed by atoms with E-state index in [4.69, 9.17) is 4.74 Å². The van der Waals surface area contributed by atoms with Crippen molar-refractivity contribution in [2.24, 2.45) is 34.0 Å². The molecule has 0 aromatic rings. The van der Waals surface area contributed by atoms with Gasteiger partial charge in [-0.3, -0.25) is 0 Å². The lowest BCUT2D eigenvalue weighted by atomic mass is 9.41. The van der Waals surface area contributed by atoms with Crippen LogP contribution in [0.25, 0.3) is 0 Å². The number of thioether (sulfide) groups is 1. The summed E-state index contributed by atoms with van der Waals surface area (Å²) in [4.78, 5) is 0. The summed E-state index contributed by atoms with van der Waals surface area (Å²) in [7, 11) is 1.80. The van der Waals surface area contributed by atoms with Crippen molar-refractivity contribution in [2.75, 3.05) is 12.9 Å². The molecule has 3 aliphatic carbocycles. The highest BCUT2D eigenvalue weighted by Crippen LogP contribution is 2.69. The minimum absolute atomic E-state index is 0.459. The Labute approximate surface area is 152 Å². The van der Waals surface area contributed by atoms with Crippen LogP contribution in [0.2, 0.25) is 0 Å². The van der Waals surface area contributed by atoms with Crippen LogP contribution in [0.3, 0.4) is 0 Å². The zero-order chi connectivity index (χ0) is 17.2. The number of rotatable bonds is 1. The van der Waals surface area contributed by atoms with Crippen LogP contribution in [-0.2, 0) is 4.74 Å². The highest BCUT2D eigenvalue weighted by atomic mass is 32.2. The second kappa shape index (κ2) is 5.56. The fraction of sp³-hybridized carbons (Fsp3) is 0.818. The number of hydrogen-bond acceptors (Lipinski definition) is 2. The first kappa shape index (κ1) is 17.1. The summed E-state index contributed by atoms with van der Waals surface area (Å²) in [5.41, 5.74) is 1.52. The molecule has 1 nitrogen and oxygen atoms in total. The monoisotopic (exact) mass is 346 g/mol. The minimum Gasteiger partial charge on any atom is -0.497 e. The zero-order valence-electron chi connectivity index (χ0n) is 16.1. The predicted molar refractivity (Wildman–Crippen MR) is 104 cm³/mol. The molecular weight excluding hydrogens is 312 g/mol. The summed E-state index contributed by atoms with van der Waals surface area (Å²) in [5.74, 6) is 4.85. The number of fused-ring (bicyclic) bond motifs is 5. The Balaban J connectivity index is 1.69. The quantitative estimate of drug-likeness (QED) is 0.570.